The molecule has 6 heavy (non-hydrogen) atoms. The fraction of sp³-hybridized carbons (Fsp3) is 0.250. The maximum absolute atomic E-state index is 9.40. The summed E-state index contributed by atoms with van der Waals surface area (Å²) >= 11 is 0. The maximum atomic E-state index is 9.40. The maximum Gasteiger partial charge on any atom is 0.211 e. The van der Waals surface area contributed by atoms with Crippen molar-refractivity contribution in [3.63, 3.8) is 0 Å². The minimum absolute atomic E-state index is 0.625. The summed E-state index contributed by atoms with van der Waals surface area (Å²) in [5.74, 6) is 0. The molecule has 0 aromatic rings. The van der Waals surface area contributed by atoms with Gasteiger partial charge in [-0.2, -0.15) is 0 Å². The standard InChI is InChI=1S/C4H7NO/c1-2-3-5-4-6/h2-4H,1H3,(H,5,6)/b3-2-. The van der Waals surface area contributed by atoms with Crippen molar-refractivity contribution in [2.45, 2.75) is 6.92 Å². The lowest BCUT2D eigenvalue weighted by molar-refractivity contribution is -0.108. The van der Waals surface area contributed by atoms with Crippen molar-refractivity contribution >= 4 is 6.41 Å². The van der Waals surface area contributed by atoms with E-state index in [1.54, 1.807) is 12.3 Å². The summed E-state index contributed by atoms with van der Waals surface area (Å²) in [7, 11) is 0. The SMILES string of the molecule is C/C=C\NC=O. The first-order valence-electron chi connectivity index (χ1n) is 1.72. The van der Waals surface area contributed by atoms with Crippen LogP contribution in [-0.4, -0.2) is 6.41 Å². The predicted molar refractivity (Wildman–Crippen MR) is 24.0 cm³/mol. The van der Waals surface area contributed by atoms with Gasteiger partial charge in [-0.25, -0.2) is 0 Å². The molecular formula is C4H7NO. The van der Waals surface area contributed by atoms with Gasteiger partial charge in [-0.05, 0) is 13.1 Å². The Morgan fingerprint density at radius 2 is 2.33 bits per heavy atom. The molecule has 1 amide bonds. The minimum Gasteiger partial charge on any atom is -0.336 e. The van der Waals surface area contributed by atoms with Crippen LogP contribution in [0.5, 0.6) is 0 Å². The Morgan fingerprint density at radius 3 is 2.50 bits per heavy atom. The van der Waals surface area contributed by atoms with Crippen LogP contribution in [0.1, 0.15) is 6.92 Å². The van der Waals surface area contributed by atoms with Crippen LogP contribution in [0.25, 0.3) is 0 Å². The van der Waals surface area contributed by atoms with Crippen LogP contribution in [0.3, 0.4) is 0 Å². The van der Waals surface area contributed by atoms with Crippen molar-refractivity contribution in [3.8, 4) is 0 Å². The average molecular weight is 85.1 g/mol. The van der Waals surface area contributed by atoms with Gasteiger partial charge >= 0.3 is 0 Å². The molecule has 0 atom stereocenters. The Labute approximate surface area is 36.9 Å². The molecule has 0 aromatic heterocycles. The molecule has 0 rings (SSSR count). The fourth-order valence-electron chi connectivity index (χ4n) is 0.136. The van der Waals surface area contributed by atoms with E-state index in [1.807, 2.05) is 6.92 Å². The Balaban J connectivity index is 2.85. The Morgan fingerprint density at radius 1 is 1.67 bits per heavy atom. The Kier molecular flexibility index (Phi) is 3.66. The third-order valence-corrected chi connectivity index (χ3v) is 0.331. The van der Waals surface area contributed by atoms with Gasteiger partial charge in [0.1, 0.15) is 0 Å². The minimum atomic E-state index is 0.625. The molecule has 2 heteroatoms. The van der Waals surface area contributed by atoms with Gasteiger partial charge in [0.25, 0.3) is 0 Å². The Bertz CT molecular complexity index is 58.6. The quantitative estimate of drug-likeness (QED) is 0.479. The van der Waals surface area contributed by atoms with Gasteiger partial charge in [0.05, 0.1) is 0 Å². The third-order valence-electron chi connectivity index (χ3n) is 0.331. The van der Waals surface area contributed by atoms with Crippen molar-refractivity contribution in [1.29, 1.82) is 0 Å². The van der Waals surface area contributed by atoms with E-state index in [4.69, 9.17) is 0 Å². The highest BCUT2D eigenvalue weighted by atomic mass is 16.1. The van der Waals surface area contributed by atoms with Crippen LogP contribution in [0.2, 0.25) is 0 Å². The van der Waals surface area contributed by atoms with Gasteiger partial charge in [-0.1, -0.05) is 6.08 Å². The van der Waals surface area contributed by atoms with Crippen molar-refractivity contribution < 1.29 is 4.79 Å². The molecule has 0 aliphatic rings. The van der Waals surface area contributed by atoms with Crippen LogP contribution >= 0.6 is 0 Å². The highest BCUT2D eigenvalue weighted by Gasteiger charge is 1.55. The van der Waals surface area contributed by atoms with E-state index in [0.29, 0.717) is 6.41 Å². The summed E-state index contributed by atoms with van der Waals surface area (Å²) in [5.41, 5.74) is 0. The van der Waals surface area contributed by atoms with Crippen LogP contribution in [0, 0.1) is 0 Å². The first-order valence-corrected chi connectivity index (χ1v) is 1.72. The first-order chi connectivity index (χ1) is 2.91. The number of rotatable bonds is 2. The summed E-state index contributed by atoms with van der Waals surface area (Å²) in [6.45, 7) is 1.83. The van der Waals surface area contributed by atoms with E-state index < -0.39 is 0 Å². The molecule has 0 fully saturated rings. The van der Waals surface area contributed by atoms with Crippen LogP contribution in [-0.2, 0) is 4.79 Å². The fourth-order valence-corrected chi connectivity index (χ4v) is 0.136. The Hall–Kier alpha value is -0.790. The molecule has 0 spiro atoms. The van der Waals surface area contributed by atoms with Crippen LogP contribution in [0.4, 0.5) is 0 Å². The van der Waals surface area contributed by atoms with E-state index in [1.165, 1.54) is 0 Å². The smallest absolute Gasteiger partial charge is 0.211 e. The molecule has 0 radical (unpaired) electrons. The molecule has 0 aliphatic carbocycles. The largest absolute Gasteiger partial charge is 0.336 e. The number of carbonyl (C=O) groups is 1. The number of hydrogen-bond acceptors (Lipinski definition) is 1. The van der Waals surface area contributed by atoms with Crippen molar-refractivity contribution in [1.82, 2.24) is 5.32 Å². The molecular weight excluding hydrogens is 78.0 g/mol. The van der Waals surface area contributed by atoms with Gasteiger partial charge in [-0.3, -0.25) is 4.79 Å². The normalized spacial score (nSPS) is 8.83. The van der Waals surface area contributed by atoms with Gasteiger partial charge in [0.15, 0.2) is 0 Å². The molecule has 0 saturated heterocycles. The average Bonchev–Trinajstić information content (AvgIpc) is 1.61. The van der Waals surface area contributed by atoms with Gasteiger partial charge in [0, 0.05) is 0 Å². The zero-order valence-corrected chi connectivity index (χ0v) is 3.64. The molecule has 0 aromatic carbocycles. The molecule has 0 aliphatic heterocycles. The topological polar surface area (TPSA) is 29.1 Å². The van der Waals surface area contributed by atoms with E-state index in [0.717, 1.165) is 0 Å². The second-order valence-electron chi connectivity index (χ2n) is 0.785. The third kappa shape index (κ3) is 3.21. The summed E-state index contributed by atoms with van der Waals surface area (Å²) < 4.78 is 0. The molecule has 2 nitrogen and oxygen atoms in total. The highest BCUT2D eigenvalue weighted by molar-refractivity contribution is 5.47. The number of nitrogens with one attached hydrogen (secondary N) is 1. The summed E-state index contributed by atoms with van der Waals surface area (Å²) in [5, 5.41) is 2.34. The zero-order valence-electron chi connectivity index (χ0n) is 3.64. The van der Waals surface area contributed by atoms with E-state index in [9.17, 15) is 4.79 Å². The molecule has 0 bridgehead atoms. The number of amides is 1. The molecule has 34 valence electrons. The van der Waals surface area contributed by atoms with E-state index >= 15 is 0 Å². The van der Waals surface area contributed by atoms with Gasteiger partial charge in [-0.15, -0.1) is 0 Å². The van der Waals surface area contributed by atoms with E-state index in [2.05, 4.69) is 5.32 Å². The summed E-state index contributed by atoms with van der Waals surface area (Å²) in [4.78, 5) is 9.40. The monoisotopic (exact) mass is 85.1 g/mol. The van der Waals surface area contributed by atoms with Crippen molar-refractivity contribution in [2.75, 3.05) is 0 Å². The predicted octanol–water partition coefficient (Wildman–Crippen LogP) is 0.266. The van der Waals surface area contributed by atoms with Gasteiger partial charge < -0.3 is 5.32 Å². The molecule has 0 saturated carbocycles. The lowest BCUT2D eigenvalue weighted by Crippen LogP contribution is -1.97. The second kappa shape index (κ2) is 4.21. The first kappa shape index (κ1) is 5.21. The number of hydrogen-bond donors (Lipinski definition) is 1. The molecule has 1 N–H and O–H groups in total. The number of allylic oxidation sites excluding steroid dienone is 1. The zero-order chi connectivity index (χ0) is 4.83. The lowest BCUT2D eigenvalue weighted by atomic mass is 10.7. The molecule has 0 heterocycles. The number of carbonyl (C=O) groups excluding carboxylic acids is 1. The van der Waals surface area contributed by atoms with Crippen molar-refractivity contribution in [2.24, 2.45) is 0 Å². The van der Waals surface area contributed by atoms with Gasteiger partial charge in [0.2, 0.25) is 6.41 Å². The lowest BCUT2D eigenvalue weighted by Gasteiger charge is -1.74. The molecule has 0 unspecified atom stereocenters. The van der Waals surface area contributed by atoms with Crippen LogP contribution in [0.15, 0.2) is 12.3 Å². The van der Waals surface area contributed by atoms with Crippen LogP contribution < -0.4 is 5.32 Å². The summed E-state index contributed by atoms with van der Waals surface area (Å²) in [6.07, 6.45) is 3.93. The van der Waals surface area contributed by atoms with Crippen molar-refractivity contribution in [3.05, 3.63) is 12.3 Å². The van der Waals surface area contributed by atoms with E-state index in [-0.39, 0.29) is 0 Å². The second-order valence-corrected chi connectivity index (χ2v) is 0.785. The summed E-state index contributed by atoms with van der Waals surface area (Å²) in [6, 6.07) is 0. The highest BCUT2D eigenvalue weighted by Crippen LogP contribution is 1.54.